The number of halogens is 4. The van der Waals surface area contributed by atoms with E-state index in [1.165, 1.54) is 16.4 Å². The summed E-state index contributed by atoms with van der Waals surface area (Å²) in [6, 6.07) is 7.55. The molecule has 0 N–H and O–H groups in total. The van der Waals surface area contributed by atoms with Crippen LogP contribution in [0.25, 0.3) is 0 Å². The van der Waals surface area contributed by atoms with Gasteiger partial charge in [-0.3, -0.25) is 0 Å². The van der Waals surface area contributed by atoms with E-state index in [0.29, 0.717) is 4.90 Å². The molecular formula is C20H19F4NO5S2. The molecule has 0 bridgehead atoms. The number of carbonyl (C=O) groups excluding carboxylic acids is 1. The maximum Gasteiger partial charge on any atom is 0.416 e. The third-order valence-electron chi connectivity index (χ3n) is 4.51. The molecule has 0 spiro atoms. The second kappa shape index (κ2) is 10.2. The summed E-state index contributed by atoms with van der Waals surface area (Å²) in [6.07, 6.45) is -4.47. The number of esters is 1. The summed E-state index contributed by atoms with van der Waals surface area (Å²) >= 11 is 1.03. The first kappa shape index (κ1) is 24.5. The fourth-order valence-electron chi connectivity index (χ4n) is 2.89. The zero-order valence-electron chi connectivity index (χ0n) is 16.6. The summed E-state index contributed by atoms with van der Waals surface area (Å²) in [5.74, 6) is -1.88. The number of alkyl halides is 3. The lowest BCUT2D eigenvalue weighted by atomic mass is 10.2. The number of hydrogen-bond acceptors (Lipinski definition) is 6. The van der Waals surface area contributed by atoms with Gasteiger partial charge in [0.05, 0.1) is 29.2 Å². The number of morpholine rings is 1. The number of thioether (sulfide) groups is 1. The number of rotatable bonds is 7. The standard InChI is InChI=1S/C20H19F4NO5S2/c21-18-5-4-16(32(27,28)25-6-8-29-9-7-25)13-17(18)19(26)30-10-11-31-15-3-1-2-14(12-15)20(22,23)24/h1-5,12-13H,6-11H2. The van der Waals surface area contributed by atoms with E-state index in [2.05, 4.69) is 0 Å². The molecule has 1 aliphatic rings. The smallest absolute Gasteiger partial charge is 0.416 e. The molecule has 1 heterocycles. The fourth-order valence-corrected chi connectivity index (χ4v) is 5.11. The Kier molecular flexibility index (Phi) is 7.80. The van der Waals surface area contributed by atoms with Gasteiger partial charge in [-0.2, -0.15) is 17.5 Å². The molecule has 0 saturated carbocycles. The van der Waals surface area contributed by atoms with E-state index in [9.17, 15) is 30.8 Å². The van der Waals surface area contributed by atoms with Crippen molar-refractivity contribution in [2.45, 2.75) is 16.0 Å². The molecule has 2 aromatic carbocycles. The van der Waals surface area contributed by atoms with Crippen molar-refractivity contribution in [3.8, 4) is 0 Å². The molecule has 0 amide bonds. The second-order valence-corrected chi connectivity index (χ2v) is 9.77. The van der Waals surface area contributed by atoms with E-state index in [-0.39, 0.29) is 43.6 Å². The average molecular weight is 494 g/mol. The summed E-state index contributed by atoms with van der Waals surface area (Å²) in [5.41, 5.74) is -1.33. The normalized spacial score (nSPS) is 15.5. The Morgan fingerprint density at radius 2 is 1.84 bits per heavy atom. The van der Waals surface area contributed by atoms with Gasteiger partial charge in [0.25, 0.3) is 0 Å². The number of hydrogen-bond donors (Lipinski definition) is 0. The Hall–Kier alpha value is -2.15. The van der Waals surface area contributed by atoms with E-state index >= 15 is 0 Å². The average Bonchev–Trinajstić information content (AvgIpc) is 2.77. The molecular weight excluding hydrogens is 474 g/mol. The van der Waals surface area contributed by atoms with Crippen LogP contribution in [-0.4, -0.2) is 57.4 Å². The van der Waals surface area contributed by atoms with Crippen molar-refractivity contribution in [1.82, 2.24) is 4.31 Å². The van der Waals surface area contributed by atoms with Crippen molar-refractivity contribution in [3.63, 3.8) is 0 Å². The van der Waals surface area contributed by atoms with Crippen molar-refractivity contribution in [3.05, 3.63) is 59.4 Å². The SMILES string of the molecule is O=C(OCCSc1cccc(C(F)(F)F)c1)c1cc(S(=O)(=O)N2CCOCC2)ccc1F. The molecule has 0 atom stereocenters. The highest BCUT2D eigenvalue weighted by molar-refractivity contribution is 7.99. The molecule has 6 nitrogen and oxygen atoms in total. The third-order valence-corrected chi connectivity index (χ3v) is 7.36. The molecule has 3 rings (SSSR count). The Morgan fingerprint density at radius 1 is 1.12 bits per heavy atom. The highest BCUT2D eigenvalue weighted by Gasteiger charge is 2.30. The Bertz CT molecular complexity index is 1070. The monoisotopic (exact) mass is 493 g/mol. The molecule has 0 aliphatic carbocycles. The van der Waals surface area contributed by atoms with Gasteiger partial charge < -0.3 is 9.47 Å². The molecule has 2 aromatic rings. The molecule has 0 unspecified atom stereocenters. The van der Waals surface area contributed by atoms with Gasteiger partial charge >= 0.3 is 12.1 Å². The summed E-state index contributed by atoms with van der Waals surface area (Å²) in [5, 5.41) is 0. The zero-order chi connectivity index (χ0) is 23.4. The maximum atomic E-state index is 14.1. The number of ether oxygens (including phenoxy) is 2. The maximum absolute atomic E-state index is 14.1. The fraction of sp³-hybridized carbons (Fsp3) is 0.350. The number of benzene rings is 2. The van der Waals surface area contributed by atoms with Crippen LogP contribution in [0.5, 0.6) is 0 Å². The van der Waals surface area contributed by atoms with Crippen LogP contribution in [0.2, 0.25) is 0 Å². The van der Waals surface area contributed by atoms with Gasteiger partial charge in [-0.25, -0.2) is 17.6 Å². The van der Waals surface area contributed by atoms with E-state index in [0.717, 1.165) is 42.1 Å². The topological polar surface area (TPSA) is 72.9 Å². The van der Waals surface area contributed by atoms with Crippen LogP contribution < -0.4 is 0 Å². The highest BCUT2D eigenvalue weighted by Crippen LogP contribution is 2.31. The van der Waals surface area contributed by atoms with Crippen LogP contribution in [-0.2, 0) is 25.7 Å². The third kappa shape index (κ3) is 6.00. The number of sulfonamides is 1. The minimum atomic E-state index is -4.47. The minimum absolute atomic E-state index is 0.125. The van der Waals surface area contributed by atoms with Crippen molar-refractivity contribution >= 4 is 27.8 Å². The Balaban J connectivity index is 1.61. The lowest BCUT2D eigenvalue weighted by Gasteiger charge is -2.26. The first-order chi connectivity index (χ1) is 15.1. The lowest BCUT2D eigenvalue weighted by molar-refractivity contribution is -0.137. The van der Waals surface area contributed by atoms with Gasteiger partial charge in [0.2, 0.25) is 10.0 Å². The molecule has 12 heteroatoms. The molecule has 1 fully saturated rings. The van der Waals surface area contributed by atoms with Crippen LogP contribution in [0.1, 0.15) is 15.9 Å². The van der Waals surface area contributed by atoms with E-state index in [1.807, 2.05) is 0 Å². The summed E-state index contributed by atoms with van der Waals surface area (Å²) in [6.45, 7) is 0.551. The molecule has 1 saturated heterocycles. The predicted molar refractivity (Wildman–Crippen MR) is 108 cm³/mol. The number of nitrogens with zero attached hydrogens (tertiary/aromatic N) is 1. The van der Waals surface area contributed by atoms with E-state index < -0.39 is 39.1 Å². The minimum Gasteiger partial charge on any atom is -0.461 e. The van der Waals surface area contributed by atoms with E-state index in [1.54, 1.807) is 0 Å². The summed E-state index contributed by atoms with van der Waals surface area (Å²) in [7, 11) is -3.93. The van der Waals surface area contributed by atoms with Crippen LogP contribution in [0.15, 0.2) is 52.3 Å². The Morgan fingerprint density at radius 3 is 2.53 bits per heavy atom. The van der Waals surface area contributed by atoms with Crippen molar-refractivity contribution in [2.24, 2.45) is 0 Å². The summed E-state index contributed by atoms with van der Waals surface area (Å²) in [4.78, 5) is 12.4. The number of carbonyl (C=O) groups is 1. The quantitative estimate of drug-likeness (QED) is 0.253. The largest absolute Gasteiger partial charge is 0.461 e. The Labute approximate surface area is 186 Å². The van der Waals surface area contributed by atoms with Crippen molar-refractivity contribution < 1.29 is 40.2 Å². The molecule has 32 heavy (non-hydrogen) atoms. The van der Waals surface area contributed by atoms with E-state index in [4.69, 9.17) is 9.47 Å². The molecule has 0 aromatic heterocycles. The first-order valence-electron chi connectivity index (χ1n) is 9.43. The van der Waals surface area contributed by atoms with Gasteiger partial charge in [-0.05, 0) is 36.4 Å². The van der Waals surface area contributed by atoms with Gasteiger partial charge in [-0.15, -0.1) is 11.8 Å². The van der Waals surface area contributed by atoms with Crippen LogP contribution in [0.3, 0.4) is 0 Å². The highest BCUT2D eigenvalue weighted by atomic mass is 32.2. The first-order valence-corrected chi connectivity index (χ1v) is 11.9. The van der Waals surface area contributed by atoms with Gasteiger partial charge in [0, 0.05) is 23.7 Å². The van der Waals surface area contributed by atoms with Gasteiger partial charge in [-0.1, -0.05) is 6.07 Å². The zero-order valence-corrected chi connectivity index (χ0v) is 18.2. The second-order valence-electron chi connectivity index (χ2n) is 6.67. The van der Waals surface area contributed by atoms with Gasteiger partial charge in [0.15, 0.2) is 0 Å². The van der Waals surface area contributed by atoms with Crippen molar-refractivity contribution in [1.29, 1.82) is 0 Å². The summed E-state index contributed by atoms with van der Waals surface area (Å²) < 4.78 is 89.1. The molecule has 0 radical (unpaired) electrons. The predicted octanol–water partition coefficient (Wildman–Crippen LogP) is 3.81. The van der Waals surface area contributed by atoms with Gasteiger partial charge in [0.1, 0.15) is 12.4 Å². The van der Waals surface area contributed by atoms with Crippen LogP contribution >= 0.6 is 11.8 Å². The molecule has 1 aliphatic heterocycles. The van der Waals surface area contributed by atoms with Crippen LogP contribution in [0, 0.1) is 5.82 Å². The van der Waals surface area contributed by atoms with Crippen LogP contribution in [0.4, 0.5) is 17.6 Å². The van der Waals surface area contributed by atoms with Crippen molar-refractivity contribution in [2.75, 3.05) is 38.7 Å². The lowest BCUT2D eigenvalue weighted by Crippen LogP contribution is -2.40. The molecule has 174 valence electrons.